The Balaban J connectivity index is 0.000000276. The van der Waals surface area contributed by atoms with E-state index in [4.69, 9.17) is 4.42 Å². The number of alkyl halides is 24. The van der Waals surface area contributed by atoms with Gasteiger partial charge in [0.2, 0.25) is 5.43 Å². The Morgan fingerprint density at radius 1 is 0.271 bits per heavy atom. The number of benzene rings is 8. The van der Waals surface area contributed by atoms with E-state index < -0.39 is 195 Å². The summed E-state index contributed by atoms with van der Waals surface area (Å²) in [6, 6.07) is 25.4. The fraction of sp³-hybridized carbons (Fsp3) is 0.140. The normalized spacial score (nSPS) is 13.3. The molecule has 0 aliphatic rings. The van der Waals surface area contributed by atoms with Crippen LogP contribution < -0.4 is 27.3 Å². The van der Waals surface area contributed by atoms with Gasteiger partial charge in [0.25, 0.3) is 0 Å². The lowest BCUT2D eigenvalue weighted by atomic mass is 9.12. The topological polar surface area (TPSA) is 30.2 Å². The Bertz CT molecular complexity index is 3510. The molecule has 0 radical (unpaired) electrons. The highest BCUT2D eigenvalue weighted by molar-refractivity contribution is 7.97. The summed E-state index contributed by atoms with van der Waals surface area (Å²) in [5.41, 5.74) is -28.9. The Hall–Kier alpha value is -8.04. The Labute approximate surface area is 464 Å². The molecule has 9 rings (SSSR count). The standard InChI is InChI=1S/C32H12BF24.C25H17O2S/c34-25(35,36)13-1-14(26(37,38)39)6-21(5-13)33(22-7-15(27(40,41)42)2-16(8-22)28(43,44)45,23-9-17(29(46,47)48)3-18(10-23)30(49,50)51)24-11-19(31(52,53)54)4-20(12-24)32(55,56)57;26-25-21-13-7-8-14-23(21)27-24-16-15-20(17-22(24)25)28(18-9-3-1-4-10-18)19-11-5-2-6-12-19/h1-12H;1-17H/q-1;+1. The third-order valence-electron chi connectivity index (χ3n) is 13.2. The van der Waals surface area contributed by atoms with E-state index in [9.17, 15) is 110 Å². The van der Waals surface area contributed by atoms with Gasteiger partial charge in [-0.1, -0.05) is 97.1 Å². The average molecular weight is 1240 g/mol. The maximum absolute atomic E-state index is 14.2. The van der Waals surface area contributed by atoms with E-state index in [1.165, 1.54) is 9.79 Å². The Morgan fingerprint density at radius 2 is 0.529 bits per heavy atom. The molecule has 0 aliphatic heterocycles. The second-order valence-corrected chi connectivity index (χ2v) is 20.8. The lowest BCUT2D eigenvalue weighted by molar-refractivity contribution is -0.144. The number of hydrogen-bond acceptors (Lipinski definition) is 2. The summed E-state index contributed by atoms with van der Waals surface area (Å²) in [4.78, 5) is 16.6. The van der Waals surface area contributed by atoms with E-state index in [0.717, 1.165) is 4.90 Å². The zero-order valence-corrected chi connectivity index (χ0v) is 42.4. The largest absolute Gasteiger partial charge is 0.456 e. The molecule has 28 heteroatoms. The van der Waals surface area contributed by atoms with Gasteiger partial charge < -0.3 is 4.42 Å². The highest BCUT2D eigenvalue weighted by Crippen LogP contribution is 2.42. The number of fused-ring (bicyclic) bond motifs is 2. The predicted octanol–water partition coefficient (Wildman–Crippen LogP) is 17.3. The van der Waals surface area contributed by atoms with Crippen LogP contribution in [0.25, 0.3) is 21.9 Å². The molecule has 9 aromatic rings. The number of hydrogen-bond donors (Lipinski definition) is 0. The number of para-hydroxylation sites is 1. The summed E-state index contributed by atoms with van der Waals surface area (Å²) in [7, 11) is -0.293. The van der Waals surface area contributed by atoms with Crippen LogP contribution >= 0.6 is 0 Å². The van der Waals surface area contributed by atoms with E-state index in [0.29, 0.717) is 21.9 Å². The van der Waals surface area contributed by atoms with Gasteiger partial charge in [-0.05, 0) is 72.8 Å². The number of halogens is 24. The molecule has 2 nitrogen and oxygen atoms in total. The zero-order chi connectivity index (χ0) is 62.8. The van der Waals surface area contributed by atoms with Crippen LogP contribution in [0.5, 0.6) is 0 Å². The van der Waals surface area contributed by atoms with Crippen molar-refractivity contribution >= 4 is 60.8 Å². The minimum absolute atomic E-state index is 0.0170. The van der Waals surface area contributed by atoms with Crippen molar-refractivity contribution in [2.24, 2.45) is 0 Å². The predicted molar refractivity (Wildman–Crippen MR) is 265 cm³/mol. The smallest absolute Gasteiger partial charge is 0.416 e. The summed E-state index contributed by atoms with van der Waals surface area (Å²) in [5, 5.41) is 1.24. The molecule has 0 N–H and O–H groups in total. The van der Waals surface area contributed by atoms with Crippen molar-refractivity contribution in [1.82, 2.24) is 0 Å². The van der Waals surface area contributed by atoms with Gasteiger partial charge in [0, 0.05) is 6.07 Å². The minimum Gasteiger partial charge on any atom is -0.456 e. The Morgan fingerprint density at radius 3 is 0.812 bits per heavy atom. The molecule has 446 valence electrons. The van der Waals surface area contributed by atoms with Crippen molar-refractivity contribution in [2.45, 2.75) is 64.1 Å². The fourth-order valence-corrected chi connectivity index (χ4v) is 11.6. The molecular weight excluding hydrogens is 1220 g/mol. The molecule has 0 saturated carbocycles. The van der Waals surface area contributed by atoms with Crippen LogP contribution in [-0.2, 0) is 60.3 Å². The molecular formula is C57H29BF24O2S. The monoisotopic (exact) mass is 1240 g/mol. The molecule has 0 spiro atoms. The highest BCUT2D eigenvalue weighted by Gasteiger charge is 2.47. The lowest BCUT2D eigenvalue weighted by Gasteiger charge is -2.46. The molecule has 0 saturated heterocycles. The van der Waals surface area contributed by atoms with Crippen molar-refractivity contribution in [2.75, 3.05) is 0 Å². The van der Waals surface area contributed by atoms with Gasteiger partial charge in [0.15, 0.2) is 14.7 Å². The van der Waals surface area contributed by atoms with Gasteiger partial charge >= 0.3 is 49.4 Å². The Kier molecular flexibility index (Phi) is 16.4. The summed E-state index contributed by atoms with van der Waals surface area (Å²) < 4.78 is 347. The molecule has 0 atom stereocenters. The third-order valence-corrected chi connectivity index (χ3v) is 15.4. The average Bonchev–Trinajstić information content (AvgIpc) is 0.887. The molecule has 85 heavy (non-hydrogen) atoms. The molecule has 1 aromatic heterocycles. The summed E-state index contributed by atoms with van der Waals surface area (Å²) in [6.07, 6.45) is -54.8. The van der Waals surface area contributed by atoms with Crippen LogP contribution in [0.3, 0.4) is 0 Å². The van der Waals surface area contributed by atoms with E-state index >= 15 is 0 Å². The van der Waals surface area contributed by atoms with Gasteiger partial charge in [-0.15, -0.1) is 0 Å². The highest BCUT2D eigenvalue weighted by atomic mass is 32.2. The van der Waals surface area contributed by atoms with Gasteiger partial charge in [-0.3, -0.25) is 4.79 Å². The molecule has 0 aliphatic carbocycles. The van der Waals surface area contributed by atoms with Crippen LogP contribution in [0.15, 0.2) is 200 Å². The summed E-state index contributed by atoms with van der Waals surface area (Å²) in [6.45, 7) is 0. The van der Waals surface area contributed by atoms with Crippen molar-refractivity contribution in [3.63, 3.8) is 0 Å². The molecule has 0 amide bonds. The first kappa shape index (κ1) is 63.0. The molecule has 0 bridgehead atoms. The molecule has 0 unspecified atom stereocenters. The second kappa shape index (κ2) is 22.1. The van der Waals surface area contributed by atoms with Gasteiger partial charge in [-0.2, -0.15) is 127 Å². The van der Waals surface area contributed by atoms with Crippen molar-refractivity contribution in [1.29, 1.82) is 0 Å². The van der Waals surface area contributed by atoms with Crippen LogP contribution in [0, 0.1) is 0 Å². The molecule has 0 fully saturated rings. The SMILES string of the molecule is FC(F)(F)c1cc([B-](c2cc(C(F)(F)F)cc(C(F)(F)F)c2)(c2cc(C(F)(F)F)cc(C(F)(F)F)c2)c2cc(C(F)(F)F)cc(C(F)(F)F)c2)cc(C(F)(F)F)c1.O=c1c2ccccc2oc2ccc([S+](c3ccccc3)c3ccccc3)cc12. The maximum atomic E-state index is 14.2. The lowest BCUT2D eigenvalue weighted by Crippen LogP contribution is -2.75. The van der Waals surface area contributed by atoms with E-state index in [-0.39, 0.29) is 16.3 Å². The zero-order valence-electron chi connectivity index (χ0n) is 41.6. The fourth-order valence-electron chi connectivity index (χ4n) is 9.50. The molecule has 1 heterocycles. The van der Waals surface area contributed by atoms with Crippen LogP contribution in [-0.4, -0.2) is 6.15 Å². The first-order valence-corrected chi connectivity index (χ1v) is 25.0. The maximum Gasteiger partial charge on any atom is 0.416 e. The quantitative estimate of drug-likeness (QED) is 0.0689. The van der Waals surface area contributed by atoms with Gasteiger partial charge in [-0.25, -0.2) is 0 Å². The van der Waals surface area contributed by atoms with E-state index in [1.807, 2.05) is 48.5 Å². The summed E-state index contributed by atoms with van der Waals surface area (Å²) >= 11 is 0. The third kappa shape index (κ3) is 13.4. The van der Waals surface area contributed by atoms with Crippen LogP contribution in [0.4, 0.5) is 105 Å². The van der Waals surface area contributed by atoms with Crippen LogP contribution in [0.1, 0.15) is 44.5 Å². The number of rotatable bonds is 7. The first-order valence-electron chi connectivity index (χ1n) is 23.7. The van der Waals surface area contributed by atoms with E-state index in [1.54, 1.807) is 0 Å². The van der Waals surface area contributed by atoms with Gasteiger partial charge in [0.1, 0.15) is 17.3 Å². The van der Waals surface area contributed by atoms with Crippen molar-refractivity contribution < 1.29 is 110 Å². The summed E-state index contributed by atoms with van der Waals surface area (Å²) in [5.74, 6) is 0. The second-order valence-electron chi connectivity index (χ2n) is 18.7. The minimum atomic E-state index is -6.13. The van der Waals surface area contributed by atoms with Crippen molar-refractivity contribution in [3.8, 4) is 0 Å². The first-order chi connectivity index (χ1) is 39.1. The van der Waals surface area contributed by atoms with E-state index in [2.05, 4.69) is 54.6 Å². The molecule has 8 aromatic carbocycles. The van der Waals surface area contributed by atoms with Crippen molar-refractivity contribution in [3.05, 3.63) is 231 Å². The van der Waals surface area contributed by atoms with Crippen LogP contribution in [0.2, 0.25) is 0 Å². The van der Waals surface area contributed by atoms with Gasteiger partial charge in [0.05, 0.1) is 66.2 Å².